The summed E-state index contributed by atoms with van der Waals surface area (Å²) in [6.45, 7) is 0. The summed E-state index contributed by atoms with van der Waals surface area (Å²) < 4.78 is 0. The van der Waals surface area contributed by atoms with Gasteiger partial charge in [0.1, 0.15) is 5.82 Å². The first-order valence-electron chi connectivity index (χ1n) is 6.97. The monoisotopic (exact) mass is 287 g/mol. The normalized spacial score (nSPS) is 10.7. The van der Waals surface area contributed by atoms with Crippen LogP contribution in [-0.2, 0) is 0 Å². The van der Waals surface area contributed by atoms with E-state index < -0.39 is 0 Å². The highest BCUT2D eigenvalue weighted by atomic mass is 15.2. The number of aromatic amines is 1. The number of benzene rings is 1. The fourth-order valence-electron chi connectivity index (χ4n) is 2.45. The predicted molar refractivity (Wildman–Crippen MR) is 86.8 cm³/mol. The van der Waals surface area contributed by atoms with E-state index in [2.05, 4.69) is 32.6 Å². The summed E-state index contributed by atoms with van der Waals surface area (Å²) in [6.07, 6.45) is 5.33. The van der Waals surface area contributed by atoms with Gasteiger partial charge in [-0.25, -0.2) is 4.98 Å². The van der Waals surface area contributed by atoms with Crippen molar-refractivity contribution in [1.29, 1.82) is 0 Å². The molecule has 0 saturated carbocycles. The summed E-state index contributed by atoms with van der Waals surface area (Å²) in [5, 5.41) is 12.3. The molecule has 106 valence electrons. The Balaban J connectivity index is 1.90. The van der Waals surface area contributed by atoms with Gasteiger partial charge in [-0.3, -0.25) is 10.1 Å². The van der Waals surface area contributed by atoms with Gasteiger partial charge in [-0.1, -0.05) is 24.3 Å². The molecule has 22 heavy (non-hydrogen) atoms. The summed E-state index contributed by atoms with van der Waals surface area (Å²) in [6, 6.07) is 16.0. The molecule has 0 radical (unpaired) electrons. The molecule has 3 heterocycles. The number of nitrogens with one attached hydrogen (secondary N) is 2. The SMILES string of the molecule is c1ccc2c(-c3ccncc3)nc(Nc3cc[nH]n3)cc2c1. The highest BCUT2D eigenvalue weighted by molar-refractivity contribution is 5.96. The molecule has 4 aromatic rings. The quantitative estimate of drug-likeness (QED) is 0.602. The van der Waals surface area contributed by atoms with Crippen LogP contribution in [0.15, 0.2) is 67.1 Å². The third-order valence-corrected chi connectivity index (χ3v) is 3.45. The first kappa shape index (κ1) is 12.5. The molecule has 0 spiro atoms. The zero-order valence-corrected chi connectivity index (χ0v) is 11.7. The average Bonchev–Trinajstić information content (AvgIpc) is 3.08. The van der Waals surface area contributed by atoms with Gasteiger partial charge in [0.2, 0.25) is 0 Å². The molecule has 0 amide bonds. The van der Waals surface area contributed by atoms with Gasteiger partial charge < -0.3 is 5.32 Å². The largest absolute Gasteiger partial charge is 0.323 e. The number of pyridine rings is 2. The molecule has 0 saturated heterocycles. The van der Waals surface area contributed by atoms with Crippen molar-refractivity contribution in [2.45, 2.75) is 0 Å². The van der Waals surface area contributed by atoms with Crippen molar-refractivity contribution in [3.05, 3.63) is 67.1 Å². The molecule has 0 fully saturated rings. The molecule has 0 aliphatic carbocycles. The van der Waals surface area contributed by atoms with Crippen molar-refractivity contribution in [1.82, 2.24) is 20.2 Å². The maximum absolute atomic E-state index is 4.75. The average molecular weight is 287 g/mol. The summed E-state index contributed by atoms with van der Waals surface area (Å²) in [7, 11) is 0. The van der Waals surface area contributed by atoms with Gasteiger partial charge in [0.15, 0.2) is 5.82 Å². The second kappa shape index (κ2) is 5.29. The molecule has 2 N–H and O–H groups in total. The van der Waals surface area contributed by atoms with Gasteiger partial charge in [0.05, 0.1) is 5.69 Å². The molecule has 5 nitrogen and oxygen atoms in total. The van der Waals surface area contributed by atoms with Crippen molar-refractivity contribution < 1.29 is 0 Å². The number of hydrogen-bond acceptors (Lipinski definition) is 4. The summed E-state index contributed by atoms with van der Waals surface area (Å²) >= 11 is 0. The molecular weight excluding hydrogens is 274 g/mol. The minimum Gasteiger partial charge on any atom is -0.323 e. The predicted octanol–water partition coefficient (Wildman–Crippen LogP) is 3.76. The van der Waals surface area contributed by atoms with E-state index in [-0.39, 0.29) is 0 Å². The van der Waals surface area contributed by atoms with Crippen molar-refractivity contribution in [3.63, 3.8) is 0 Å². The van der Waals surface area contributed by atoms with Gasteiger partial charge in [0.25, 0.3) is 0 Å². The standard InChI is InChI=1S/C17H13N5/c1-2-4-14-13(3-1)11-16(20-15-7-10-19-22-15)21-17(14)12-5-8-18-9-6-12/h1-11H,(H2,19,20,21,22). The Kier molecular flexibility index (Phi) is 3.01. The summed E-state index contributed by atoms with van der Waals surface area (Å²) in [5.74, 6) is 1.50. The van der Waals surface area contributed by atoms with E-state index in [0.29, 0.717) is 0 Å². The number of fused-ring (bicyclic) bond motifs is 1. The zero-order valence-electron chi connectivity index (χ0n) is 11.7. The van der Waals surface area contributed by atoms with E-state index in [1.54, 1.807) is 18.6 Å². The first-order chi connectivity index (χ1) is 10.9. The minimum absolute atomic E-state index is 0.739. The number of rotatable bonds is 3. The Bertz CT molecular complexity index is 901. The molecular formula is C17H13N5. The van der Waals surface area contributed by atoms with E-state index in [0.717, 1.165) is 33.7 Å². The van der Waals surface area contributed by atoms with Crippen LogP contribution in [-0.4, -0.2) is 20.2 Å². The van der Waals surface area contributed by atoms with Crippen LogP contribution in [0.2, 0.25) is 0 Å². The van der Waals surface area contributed by atoms with Crippen LogP contribution in [0.25, 0.3) is 22.0 Å². The zero-order chi connectivity index (χ0) is 14.8. The lowest BCUT2D eigenvalue weighted by Crippen LogP contribution is -1.96. The molecule has 3 aromatic heterocycles. The van der Waals surface area contributed by atoms with Crippen molar-refractivity contribution in [3.8, 4) is 11.3 Å². The molecule has 1 aromatic carbocycles. The fourth-order valence-corrected chi connectivity index (χ4v) is 2.45. The summed E-state index contributed by atoms with van der Waals surface area (Å²) in [4.78, 5) is 8.83. The van der Waals surface area contributed by atoms with Crippen LogP contribution in [0.4, 0.5) is 11.6 Å². The summed E-state index contributed by atoms with van der Waals surface area (Å²) in [5.41, 5.74) is 1.97. The third-order valence-electron chi connectivity index (χ3n) is 3.45. The van der Waals surface area contributed by atoms with E-state index in [1.165, 1.54) is 0 Å². The van der Waals surface area contributed by atoms with Gasteiger partial charge in [-0.2, -0.15) is 5.10 Å². The van der Waals surface area contributed by atoms with Gasteiger partial charge in [0, 0.05) is 35.6 Å². The van der Waals surface area contributed by atoms with Crippen LogP contribution < -0.4 is 5.32 Å². The van der Waals surface area contributed by atoms with Gasteiger partial charge in [-0.05, 0) is 23.6 Å². The fraction of sp³-hybridized carbons (Fsp3) is 0. The number of aromatic nitrogens is 4. The Morgan fingerprint density at radius 3 is 2.59 bits per heavy atom. The number of nitrogens with zero attached hydrogens (tertiary/aromatic N) is 3. The van der Waals surface area contributed by atoms with Crippen molar-refractivity contribution in [2.75, 3.05) is 5.32 Å². The number of hydrogen-bond donors (Lipinski definition) is 2. The van der Waals surface area contributed by atoms with Crippen LogP contribution >= 0.6 is 0 Å². The van der Waals surface area contributed by atoms with Crippen LogP contribution in [0.3, 0.4) is 0 Å². The lowest BCUT2D eigenvalue weighted by atomic mass is 10.0. The van der Waals surface area contributed by atoms with Gasteiger partial charge in [-0.15, -0.1) is 0 Å². The minimum atomic E-state index is 0.739. The van der Waals surface area contributed by atoms with Crippen LogP contribution in [0.1, 0.15) is 0 Å². The Hall–Kier alpha value is -3.21. The van der Waals surface area contributed by atoms with Crippen molar-refractivity contribution in [2.24, 2.45) is 0 Å². The van der Waals surface area contributed by atoms with E-state index in [1.807, 2.05) is 36.4 Å². The second-order valence-electron chi connectivity index (χ2n) is 4.90. The smallest absolute Gasteiger partial charge is 0.153 e. The maximum atomic E-state index is 4.75. The second-order valence-corrected chi connectivity index (χ2v) is 4.90. The maximum Gasteiger partial charge on any atom is 0.153 e. The van der Waals surface area contributed by atoms with Crippen LogP contribution in [0, 0.1) is 0 Å². The Morgan fingerprint density at radius 1 is 0.909 bits per heavy atom. The van der Waals surface area contributed by atoms with Crippen LogP contribution in [0.5, 0.6) is 0 Å². The molecule has 0 unspecified atom stereocenters. The molecule has 4 rings (SSSR count). The topological polar surface area (TPSA) is 66.5 Å². The molecule has 0 aliphatic rings. The molecule has 0 bridgehead atoms. The third kappa shape index (κ3) is 2.29. The molecule has 0 atom stereocenters. The number of H-pyrrole nitrogens is 1. The Morgan fingerprint density at radius 2 is 1.77 bits per heavy atom. The lowest BCUT2D eigenvalue weighted by molar-refractivity contribution is 1.09. The lowest BCUT2D eigenvalue weighted by Gasteiger charge is -2.10. The Labute approximate surface area is 127 Å². The van der Waals surface area contributed by atoms with Gasteiger partial charge >= 0.3 is 0 Å². The number of anilines is 2. The molecule has 0 aliphatic heterocycles. The highest BCUT2D eigenvalue weighted by Crippen LogP contribution is 2.29. The van der Waals surface area contributed by atoms with Crippen molar-refractivity contribution >= 4 is 22.4 Å². The van der Waals surface area contributed by atoms with E-state index in [9.17, 15) is 0 Å². The molecule has 5 heteroatoms. The highest BCUT2D eigenvalue weighted by Gasteiger charge is 2.08. The van der Waals surface area contributed by atoms with E-state index in [4.69, 9.17) is 4.98 Å². The first-order valence-corrected chi connectivity index (χ1v) is 6.97. The van der Waals surface area contributed by atoms with E-state index >= 15 is 0 Å².